The maximum atomic E-state index is 11.8. The highest BCUT2D eigenvalue weighted by Crippen LogP contribution is 2.16. The van der Waals surface area contributed by atoms with Crippen LogP contribution in [0.25, 0.3) is 0 Å². The second-order valence-electron chi connectivity index (χ2n) is 2.17. The van der Waals surface area contributed by atoms with Gasteiger partial charge in [0.15, 0.2) is 0 Å². The van der Waals surface area contributed by atoms with Crippen molar-refractivity contribution in [3.05, 3.63) is 0 Å². The third-order valence-corrected chi connectivity index (χ3v) is 1.11. The van der Waals surface area contributed by atoms with E-state index in [1.54, 1.807) is 0 Å². The van der Waals surface area contributed by atoms with Crippen molar-refractivity contribution in [1.29, 1.82) is 0 Å². The maximum Gasteiger partial charge on any atom is 0.343 e. The molecule has 0 aliphatic rings. The van der Waals surface area contributed by atoms with E-state index in [0.29, 0.717) is 0 Å². The summed E-state index contributed by atoms with van der Waals surface area (Å²) in [6.45, 7) is 2.16. The minimum absolute atomic E-state index is 0.0261. The number of hydrogen-bond donors (Lipinski definition) is 1. The van der Waals surface area contributed by atoms with Crippen molar-refractivity contribution in [2.24, 2.45) is 0 Å². The van der Waals surface area contributed by atoms with E-state index in [4.69, 9.17) is 5.11 Å². The quantitative estimate of drug-likeness (QED) is 0.626. The standard InChI is InChI=1S/C6H10F2O3/c1-3-11-5(9)6(2,10)4(7)8/h4,10H,3H2,1-2H3/t6-/m0/s1. The molecule has 0 bridgehead atoms. The zero-order valence-electron chi connectivity index (χ0n) is 6.30. The first-order chi connectivity index (χ1) is 4.92. The summed E-state index contributed by atoms with van der Waals surface area (Å²) in [5.41, 5.74) is -2.68. The lowest BCUT2D eigenvalue weighted by Gasteiger charge is -2.19. The fourth-order valence-electron chi connectivity index (χ4n) is 0.366. The Morgan fingerprint density at radius 2 is 2.18 bits per heavy atom. The molecule has 0 radical (unpaired) electrons. The Bertz CT molecular complexity index is 145. The normalized spacial score (nSPS) is 16.2. The van der Waals surface area contributed by atoms with E-state index in [0.717, 1.165) is 6.92 Å². The van der Waals surface area contributed by atoms with E-state index in [2.05, 4.69) is 4.74 Å². The average Bonchev–Trinajstić information content (AvgIpc) is 1.88. The van der Waals surface area contributed by atoms with Gasteiger partial charge in [0.25, 0.3) is 6.43 Å². The van der Waals surface area contributed by atoms with Crippen LogP contribution in [0.1, 0.15) is 13.8 Å². The molecule has 11 heavy (non-hydrogen) atoms. The van der Waals surface area contributed by atoms with Gasteiger partial charge in [0, 0.05) is 0 Å². The Hall–Kier alpha value is -0.710. The van der Waals surface area contributed by atoms with Crippen LogP contribution in [0.4, 0.5) is 8.78 Å². The zero-order chi connectivity index (χ0) is 9.07. The molecule has 1 atom stereocenters. The number of alkyl halides is 2. The molecule has 0 heterocycles. The summed E-state index contributed by atoms with van der Waals surface area (Å²) in [7, 11) is 0. The van der Waals surface area contributed by atoms with E-state index in [9.17, 15) is 13.6 Å². The number of ether oxygens (including phenoxy) is 1. The first kappa shape index (κ1) is 10.3. The molecule has 3 nitrogen and oxygen atoms in total. The number of halogens is 2. The maximum absolute atomic E-state index is 11.8. The van der Waals surface area contributed by atoms with Gasteiger partial charge in [-0.3, -0.25) is 0 Å². The topological polar surface area (TPSA) is 46.5 Å². The van der Waals surface area contributed by atoms with Crippen molar-refractivity contribution in [1.82, 2.24) is 0 Å². The van der Waals surface area contributed by atoms with Crippen molar-refractivity contribution in [2.75, 3.05) is 6.61 Å². The summed E-state index contributed by atoms with van der Waals surface area (Å²) in [6, 6.07) is 0. The van der Waals surface area contributed by atoms with Crippen molar-refractivity contribution in [3.8, 4) is 0 Å². The van der Waals surface area contributed by atoms with Gasteiger partial charge >= 0.3 is 5.97 Å². The van der Waals surface area contributed by atoms with Crippen molar-refractivity contribution >= 4 is 5.97 Å². The molecule has 0 aliphatic carbocycles. The molecule has 0 aromatic carbocycles. The molecule has 0 saturated carbocycles. The Morgan fingerprint density at radius 1 is 1.73 bits per heavy atom. The molecule has 0 amide bonds. The first-order valence-corrected chi connectivity index (χ1v) is 3.10. The first-order valence-electron chi connectivity index (χ1n) is 3.10. The van der Waals surface area contributed by atoms with E-state index in [-0.39, 0.29) is 6.61 Å². The highest BCUT2D eigenvalue weighted by Gasteiger charge is 2.41. The van der Waals surface area contributed by atoms with Crippen LogP contribution in [0.15, 0.2) is 0 Å². The summed E-state index contributed by atoms with van der Waals surface area (Å²) in [5, 5.41) is 8.77. The predicted molar refractivity (Wildman–Crippen MR) is 33.3 cm³/mol. The Kier molecular flexibility index (Phi) is 3.38. The summed E-state index contributed by atoms with van der Waals surface area (Å²) in [4.78, 5) is 10.6. The molecule has 0 aromatic rings. The molecule has 0 fully saturated rings. The molecule has 0 unspecified atom stereocenters. The molecule has 5 heteroatoms. The van der Waals surface area contributed by atoms with Crippen LogP contribution in [-0.2, 0) is 9.53 Å². The van der Waals surface area contributed by atoms with Crippen LogP contribution in [0.3, 0.4) is 0 Å². The van der Waals surface area contributed by atoms with E-state index in [1.807, 2.05) is 0 Å². The highest BCUT2D eigenvalue weighted by atomic mass is 19.3. The van der Waals surface area contributed by atoms with Gasteiger partial charge < -0.3 is 9.84 Å². The summed E-state index contributed by atoms with van der Waals surface area (Å²) in [5.74, 6) is -1.30. The summed E-state index contributed by atoms with van der Waals surface area (Å²) >= 11 is 0. The molecule has 0 rings (SSSR count). The van der Waals surface area contributed by atoms with Crippen molar-refractivity contribution in [2.45, 2.75) is 25.9 Å². The summed E-state index contributed by atoms with van der Waals surface area (Å²) in [6.07, 6.45) is -3.12. The highest BCUT2D eigenvalue weighted by molar-refractivity contribution is 5.79. The number of carbonyl (C=O) groups excluding carboxylic acids is 1. The van der Waals surface area contributed by atoms with Gasteiger partial charge in [-0.2, -0.15) is 0 Å². The van der Waals surface area contributed by atoms with Gasteiger partial charge in [-0.25, -0.2) is 13.6 Å². The van der Waals surface area contributed by atoms with Crippen LogP contribution in [0, 0.1) is 0 Å². The number of esters is 1. The van der Waals surface area contributed by atoms with Gasteiger partial charge in [-0.15, -0.1) is 0 Å². The van der Waals surface area contributed by atoms with E-state index < -0.39 is 18.0 Å². The van der Waals surface area contributed by atoms with Gasteiger partial charge in [0.2, 0.25) is 5.60 Å². The minimum atomic E-state index is -3.12. The fourth-order valence-corrected chi connectivity index (χ4v) is 0.366. The molecule has 0 aliphatic heterocycles. The van der Waals surface area contributed by atoms with Crippen molar-refractivity contribution < 1.29 is 23.4 Å². The van der Waals surface area contributed by atoms with E-state index >= 15 is 0 Å². The lowest BCUT2D eigenvalue weighted by atomic mass is 10.1. The molecule has 0 saturated heterocycles. The van der Waals surface area contributed by atoms with Gasteiger partial charge in [-0.1, -0.05) is 0 Å². The van der Waals surface area contributed by atoms with Crippen LogP contribution in [0.5, 0.6) is 0 Å². The monoisotopic (exact) mass is 168 g/mol. The number of rotatable bonds is 3. The van der Waals surface area contributed by atoms with Crippen LogP contribution < -0.4 is 0 Å². The van der Waals surface area contributed by atoms with Crippen molar-refractivity contribution in [3.63, 3.8) is 0 Å². The van der Waals surface area contributed by atoms with E-state index in [1.165, 1.54) is 6.92 Å². The Labute approximate surface area is 63.0 Å². The van der Waals surface area contributed by atoms with Gasteiger partial charge in [-0.05, 0) is 13.8 Å². The second kappa shape index (κ2) is 3.61. The predicted octanol–water partition coefficient (Wildman–Crippen LogP) is 0.566. The molecule has 0 spiro atoms. The lowest BCUT2D eigenvalue weighted by molar-refractivity contribution is -0.178. The molecular weight excluding hydrogens is 158 g/mol. The third-order valence-electron chi connectivity index (χ3n) is 1.11. The van der Waals surface area contributed by atoms with Gasteiger partial charge in [0.1, 0.15) is 0 Å². The largest absolute Gasteiger partial charge is 0.464 e. The Morgan fingerprint density at radius 3 is 2.45 bits per heavy atom. The molecule has 0 aromatic heterocycles. The SMILES string of the molecule is CCOC(=O)[C@@](C)(O)C(F)F. The van der Waals surface area contributed by atoms with Crippen LogP contribution in [-0.4, -0.2) is 29.7 Å². The molecule has 1 N–H and O–H groups in total. The molecular formula is C6H10F2O3. The average molecular weight is 168 g/mol. The number of carbonyl (C=O) groups is 1. The lowest BCUT2D eigenvalue weighted by Crippen LogP contribution is -2.43. The Balaban J connectivity index is 4.18. The third kappa shape index (κ3) is 2.42. The fraction of sp³-hybridized carbons (Fsp3) is 0.833. The van der Waals surface area contributed by atoms with Crippen LogP contribution in [0.2, 0.25) is 0 Å². The van der Waals surface area contributed by atoms with Crippen LogP contribution >= 0.6 is 0 Å². The second-order valence-corrected chi connectivity index (χ2v) is 2.17. The number of hydrogen-bond acceptors (Lipinski definition) is 3. The smallest absolute Gasteiger partial charge is 0.343 e. The van der Waals surface area contributed by atoms with Gasteiger partial charge in [0.05, 0.1) is 6.61 Å². The zero-order valence-corrected chi connectivity index (χ0v) is 6.30. The minimum Gasteiger partial charge on any atom is -0.464 e. The molecule has 66 valence electrons. The number of aliphatic hydroxyl groups is 1. The summed E-state index contributed by atoms with van der Waals surface area (Å²) < 4.78 is 27.9.